The van der Waals surface area contributed by atoms with Crippen molar-refractivity contribution in [1.29, 1.82) is 0 Å². The second-order valence-electron chi connectivity index (χ2n) is 4.64. The Labute approximate surface area is 114 Å². The predicted octanol–water partition coefficient (Wildman–Crippen LogP) is 1.51. The first-order valence-corrected chi connectivity index (χ1v) is 6.44. The van der Waals surface area contributed by atoms with Gasteiger partial charge in [0, 0.05) is 31.8 Å². The van der Waals surface area contributed by atoms with Crippen molar-refractivity contribution in [2.45, 2.75) is 12.5 Å². The molecule has 1 aliphatic rings. The van der Waals surface area contributed by atoms with Crippen LogP contribution < -0.4 is 24.4 Å². The number of anilines is 1. The van der Waals surface area contributed by atoms with E-state index in [1.54, 1.807) is 21.3 Å². The molecule has 1 aliphatic heterocycles. The number of hydrogen-bond acceptors (Lipinski definition) is 5. The molecule has 1 aromatic carbocycles. The van der Waals surface area contributed by atoms with Gasteiger partial charge in [0.2, 0.25) is 0 Å². The van der Waals surface area contributed by atoms with E-state index in [1.807, 2.05) is 12.1 Å². The van der Waals surface area contributed by atoms with Crippen molar-refractivity contribution in [2.24, 2.45) is 0 Å². The summed E-state index contributed by atoms with van der Waals surface area (Å²) in [6.07, 6.45) is 1.13. The lowest BCUT2D eigenvalue weighted by Crippen LogP contribution is -2.33. The lowest BCUT2D eigenvalue weighted by molar-refractivity contribution is 0.349. The number of likely N-dealkylation sites (N-methyl/N-ethyl adjacent to an activating group) is 1. The van der Waals surface area contributed by atoms with Gasteiger partial charge in [-0.05, 0) is 13.0 Å². The Morgan fingerprint density at radius 3 is 2.21 bits per heavy atom. The van der Waals surface area contributed by atoms with Crippen LogP contribution in [0.3, 0.4) is 0 Å². The van der Waals surface area contributed by atoms with E-state index in [-0.39, 0.29) is 0 Å². The van der Waals surface area contributed by atoms with E-state index in [4.69, 9.17) is 14.2 Å². The second-order valence-corrected chi connectivity index (χ2v) is 4.64. The summed E-state index contributed by atoms with van der Waals surface area (Å²) in [5, 5.41) is 3.37. The third kappa shape index (κ3) is 2.71. The fourth-order valence-corrected chi connectivity index (χ4v) is 2.46. The van der Waals surface area contributed by atoms with Crippen LogP contribution >= 0.6 is 0 Å². The summed E-state index contributed by atoms with van der Waals surface area (Å²) in [7, 11) is 7.03. The fourth-order valence-electron chi connectivity index (χ4n) is 2.46. The van der Waals surface area contributed by atoms with E-state index >= 15 is 0 Å². The van der Waals surface area contributed by atoms with Gasteiger partial charge in [-0.2, -0.15) is 0 Å². The number of methoxy groups -OCH3 is 3. The van der Waals surface area contributed by atoms with Crippen molar-refractivity contribution in [3.05, 3.63) is 12.1 Å². The van der Waals surface area contributed by atoms with Gasteiger partial charge >= 0.3 is 0 Å². The molecule has 1 heterocycles. The molecular weight excluding hydrogens is 244 g/mol. The van der Waals surface area contributed by atoms with E-state index in [2.05, 4.69) is 17.3 Å². The molecule has 1 unspecified atom stereocenters. The van der Waals surface area contributed by atoms with Gasteiger partial charge in [0.1, 0.15) is 5.75 Å². The predicted molar refractivity (Wildman–Crippen MR) is 75.8 cm³/mol. The van der Waals surface area contributed by atoms with Crippen LogP contribution in [0.5, 0.6) is 17.2 Å². The molecule has 0 radical (unpaired) electrons. The first-order chi connectivity index (χ1) is 9.21. The Hall–Kier alpha value is -1.62. The van der Waals surface area contributed by atoms with E-state index in [1.165, 1.54) is 0 Å². The molecule has 1 aromatic rings. The Morgan fingerprint density at radius 2 is 1.68 bits per heavy atom. The van der Waals surface area contributed by atoms with Crippen LogP contribution in [0, 0.1) is 0 Å². The highest BCUT2D eigenvalue weighted by Crippen LogP contribution is 2.40. The van der Waals surface area contributed by atoms with Gasteiger partial charge in [0.05, 0.1) is 27.0 Å². The topological polar surface area (TPSA) is 43.0 Å². The van der Waals surface area contributed by atoms with Crippen LogP contribution in [0.25, 0.3) is 0 Å². The van der Waals surface area contributed by atoms with Crippen LogP contribution in [-0.2, 0) is 0 Å². The number of hydrogen-bond donors (Lipinski definition) is 1. The lowest BCUT2D eigenvalue weighted by atomic mass is 10.1. The SMILES string of the molecule is COc1cc(OC)c(N(C)C2CCNC2)cc1OC. The molecular formula is C14H22N2O3. The molecule has 0 bridgehead atoms. The smallest absolute Gasteiger partial charge is 0.164 e. The van der Waals surface area contributed by atoms with Gasteiger partial charge in [-0.25, -0.2) is 0 Å². The summed E-state index contributed by atoms with van der Waals surface area (Å²) in [4.78, 5) is 2.24. The second kappa shape index (κ2) is 6.02. The molecule has 1 N–H and O–H groups in total. The lowest BCUT2D eigenvalue weighted by Gasteiger charge is -2.28. The van der Waals surface area contributed by atoms with Crippen molar-refractivity contribution in [3.63, 3.8) is 0 Å². The molecule has 19 heavy (non-hydrogen) atoms. The molecule has 1 atom stereocenters. The maximum Gasteiger partial charge on any atom is 0.164 e. The Balaban J connectivity index is 2.36. The number of rotatable bonds is 5. The minimum absolute atomic E-state index is 0.479. The van der Waals surface area contributed by atoms with Crippen molar-refractivity contribution in [2.75, 3.05) is 46.4 Å². The van der Waals surface area contributed by atoms with Crippen LogP contribution in [0.15, 0.2) is 12.1 Å². The van der Waals surface area contributed by atoms with Crippen molar-refractivity contribution in [1.82, 2.24) is 5.32 Å². The van der Waals surface area contributed by atoms with Crippen molar-refractivity contribution in [3.8, 4) is 17.2 Å². The molecule has 1 saturated heterocycles. The summed E-state index contributed by atoms with van der Waals surface area (Å²) in [6.45, 7) is 2.05. The molecule has 0 saturated carbocycles. The van der Waals surface area contributed by atoms with Crippen LogP contribution in [0.1, 0.15) is 6.42 Å². The van der Waals surface area contributed by atoms with Crippen LogP contribution in [0.4, 0.5) is 5.69 Å². The summed E-state index contributed by atoms with van der Waals surface area (Å²) < 4.78 is 16.1. The summed E-state index contributed by atoms with van der Waals surface area (Å²) in [6, 6.07) is 4.32. The maximum atomic E-state index is 5.47. The zero-order chi connectivity index (χ0) is 13.8. The van der Waals surface area contributed by atoms with Gasteiger partial charge in [0.25, 0.3) is 0 Å². The molecule has 0 aromatic heterocycles. The molecule has 0 aliphatic carbocycles. The average Bonchev–Trinajstić information content (AvgIpc) is 2.99. The Kier molecular flexibility index (Phi) is 4.37. The normalized spacial score (nSPS) is 18.2. The minimum Gasteiger partial charge on any atom is -0.494 e. The molecule has 106 valence electrons. The molecule has 2 rings (SSSR count). The number of nitrogens with zero attached hydrogens (tertiary/aromatic N) is 1. The molecule has 5 heteroatoms. The zero-order valence-electron chi connectivity index (χ0n) is 12.0. The van der Waals surface area contributed by atoms with E-state index in [0.29, 0.717) is 11.8 Å². The van der Waals surface area contributed by atoms with Crippen LogP contribution in [0.2, 0.25) is 0 Å². The van der Waals surface area contributed by atoms with Crippen molar-refractivity contribution < 1.29 is 14.2 Å². The van der Waals surface area contributed by atoms with Gasteiger partial charge < -0.3 is 24.4 Å². The largest absolute Gasteiger partial charge is 0.494 e. The Bertz CT molecular complexity index is 431. The molecule has 1 fully saturated rings. The fraction of sp³-hybridized carbons (Fsp3) is 0.571. The zero-order valence-corrected chi connectivity index (χ0v) is 12.0. The minimum atomic E-state index is 0.479. The van der Waals surface area contributed by atoms with E-state index in [9.17, 15) is 0 Å². The summed E-state index contributed by atoms with van der Waals surface area (Å²) in [5.41, 5.74) is 1.02. The summed E-state index contributed by atoms with van der Waals surface area (Å²) >= 11 is 0. The number of benzene rings is 1. The monoisotopic (exact) mass is 266 g/mol. The van der Waals surface area contributed by atoms with Gasteiger partial charge in [-0.1, -0.05) is 0 Å². The quantitative estimate of drug-likeness (QED) is 0.875. The third-order valence-electron chi connectivity index (χ3n) is 3.65. The molecule has 0 spiro atoms. The first-order valence-electron chi connectivity index (χ1n) is 6.44. The summed E-state index contributed by atoms with van der Waals surface area (Å²) in [5.74, 6) is 2.20. The first kappa shape index (κ1) is 13.8. The standard InChI is InChI=1S/C14H22N2O3/c1-16(10-5-6-15-9-10)11-7-13(18-3)14(19-4)8-12(11)17-2/h7-8,10,15H,5-6,9H2,1-4H3. The van der Waals surface area contributed by atoms with Gasteiger partial charge in [-0.3, -0.25) is 0 Å². The van der Waals surface area contributed by atoms with Crippen molar-refractivity contribution >= 4 is 5.69 Å². The van der Waals surface area contributed by atoms with Crippen LogP contribution in [-0.4, -0.2) is 47.5 Å². The number of ether oxygens (including phenoxy) is 3. The van der Waals surface area contributed by atoms with E-state index < -0.39 is 0 Å². The highest BCUT2D eigenvalue weighted by molar-refractivity contribution is 5.66. The molecule has 0 amide bonds. The maximum absolute atomic E-state index is 5.47. The van der Waals surface area contributed by atoms with Gasteiger partial charge in [0.15, 0.2) is 11.5 Å². The van der Waals surface area contributed by atoms with Gasteiger partial charge in [-0.15, -0.1) is 0 Å². The van der Waals surface area contributed by atoms with E-state index in [0.717, 1.165) is 36.7 Å². The molecule has 5 nitrogen and oxygen atoms in total. The Morgan fingerprint density at radius 1 is 1.05 bits per heavy atom. The highest BCUT2D eigenvalue weighted by Gasteiger charge is 2.23. The highest BCUT2D eigenvalue weighted by atomic mass is 16.5. The third-order valence-corrected chi connectivity index (χ3v) is 3.65. The average molecular weight is 266 g/mol. The number of nitrogens with one attached hydrogen (secondary N) is 1.